The zero-order valence-electron chi connectivity index (χ0n) is 13.0. The largest absolute Gasteiger partial charge is 0.435 e. The maximum Gasteiger partial charge on any atom is 0.435 e. The highest BCUT2D eigenvalue weighted by Crippen LogP contribution is 2.40. The summed E-state index contributed by atoms with van der Waals surface area (Å²) in [5, 5.41) is 14.4. The molecule has 0 spiro atoms. The molecule has 0 fully saturated rings. The van der Waals surface area contributed by atoms with E-state index in [4.69, 9.17) is 5.73 Å². The van der Waals surface area contributed by atoms with Crippen molar-refractivity contribution in [2.45, 2.75) is 33.5 Å². The SMILES string of the molecule is CC.CCn1nc(C(F)(F)F)cc1-c1sc(C(N)=O)cc1[N+](=O)[O-]. The zero-order chi connectivity index (χ0) is 18.7. The first-order chi connectivity index (χ1) is 11.1. The molecule has 0 saturated heterocycles. The molecule has 2 aromatic heterocycles. The molecule has 11 heteroatoms. The van der Waals surface area contributed by atoms with Gasteiger partial charge in [-0.15, -0.1) is 11.3 Å². The molecular weight excluding hydrogens is 349 g/mol. The first-order valence-corrected chi connectivity index (χ1v) is 7.70. The van der Waals surface area contributed by atoms with Crippen molar-refractivity contribution in [2.24, 2.45) is 5.73 Å². The number of hydrogen-bond donors (Lipinski definition) is 1. The van der Waals surface area contributed by atoms with Gasteiger partial charge in [0, 0.05) is 12.6 Å². The molecule has 0 unspecified atom stereocenters. The molecule has 2 rings (SSSR count). The van der Waals surface area contributed by atoms with Gasteiger partial charge in [-0.3, -0.25) is 19.6 Å². The molecule has 24 heavy (non-hydrogen) atoms. The average molecular weight is 364 g/mol. The summed E-state index contributed by atoms with van der Waals surface area (Å²) < 4.78 is 39.2. The molecule has 0 aromatic carbocycles. The van der Waals surface area contributed by atoms with Gasteiger partial charge in [-0.2, -0.15) is 18.3 Å². The first kappa shape index (κ1) is 19.6. The van der Waals surface area contributed by atoms with Gasteiger partial charge in [0.05, 0.1) is 15.5 Å². The van der Waals surface area contributed by atoms with Crippen LogP contribution in [0.5, 0.6) is 0 Å². The lowest BCUT2D eigenvalue weighted by atomic mass is 10.2. The lowest BCUT2D eigenvalue weighted by Gasteiger charge is -2.01. The van der Waals surface area contributed by atoms with Crippen molar-refractivity contribution in [1.29, 1.82) is 0 Å². The summed E-state index contributed by atoms with van der Waals surface area (Å²) in [5.41, 5.74) is 3.34. The van der Waals surface area contributed by atoms with E-state index in [1.165, 1.54) is 0 Å². The zero-order valence-corrected chi connectivity index (χ0v) is 13.9. The molecule has 0 atom stereocenters. The van der Waals surface area contributed by atoms with Gasteiger partial charge in [0.15, 0.2) is 5.69 Å². The van der Waals surface area contributed by atoms with Crippen molar-refractivity contribution < 1.29 is 22.9 Å². The molecule has 132 valence electrons. The Kier molecular flexibility index (Phi) is 6.07. The second kappa shape index (κ2) is 7.43. The number of primary amides is 1. The number of carbonyl (C=O) groups excluding carboxylic acids is 1. The second-order valence-electron chi connectivity index (χ2n) is 4.17. The van der Waals surface area contributed by atoms with E-state index in [-0.39, 0.29) is 22.0 Å². The fraction of sp³-hybridized carbons (Fsp3) is 0.385. The molecule has 7 nitrogen and oxygen atoms in total. The van der Waals surface area contributed by atoms with Gasteiger partial charge in [-0.25, -0.2) is 0 Å². The Morgan fingerprint density at radius 2 is 2.00 bits per heavy atom. The van der Waals surface area contributed by atoms with E-state index in [2.05, 4.69) is 5.10 Å². The minimum atomic E-state index is -4.67. The highest BCUT2D eigenvalue weighted by molar-refractivity contribution is 7.18. The minimum Gasteiger partial charge on any atom is -0.365 e. The van der Waals surface area contributed by atoms with E-state index in [1.54, 1.807) is 6.92 Å². The van der Waals surface area contributed by atoms with Crippen molar-refractivity contribution in [2.75, 3.05) is 0 Å². The van der Waals surface area contributed by atoms with E-state index in [1.807, 2.05) is 13.8 Å². The monoisotopic (exact) mass is 364 g/mol. The van der Waals surface area contributed by atoms with E-state index in [9.17, 15) is 28.1 Å². The lowest BCUT2D eigenvalue weighted by molar-refractivity contribution is -0.383. The number of aromatic nitrogens is 2. The third-order valence-corrected chi connectivity index (χ3v) is 3.92. The number of alkyl halides is 3. The third-order valence-electron chi connectivity index (χ3n) is 2.75. The van der Waals surface area contributed by atoms with Crippen LogP contribution in [-0.2, 0) is 12.7 Å². The summed E-state index contributed by atoms with van der Waals surface area (Å²) in [7, 11) is 0. The van der Waals surface area contributed by atoms with Crippen LogP contribution >= 0.6 is 11.3 Å². The van der Waals surface area contributed by atoms with Crippen molar-refractivity contribution in [3.8, 4) is 10.6 Å². The van der Waals surface area contributed by atoms with Crippen LogP contribution in [0.15, 0.2) is 12.1 Å². The number of rotatable bonds is 4. The second-order valence-corrected chi connectivity index (χ2v) is 5.23. The predicted octanol–water partition coefficient (Wildman–Crippen LogP) is 3.68. The molecule has 0 saturated carbocycles. The molecule has 0 aliphatic rings. The molecule has 0 radical (unpaired) electrons. The number of nitro groups is 1. The van der Waals surface area contributed by atoms with Gasteiger partial charge in [0.2, 0.25) is 0 Å². The maximum absolute atomic E-state index is 12.7. The fourth-order valence-electron chi connectivity index (χ4n) is 1.80. The summed E-state index contributed by atoms with van der Waals surface area (Å²) in [6.07, 6.45) is -4.67. The van der Waals surface area contributed by atoms with Crippen molar-refractivity contribution in [3.63, 3.8) is 0 Å². The Labute approximate surface area is 139 Å². The van der Waals surface area contributed by atoms with E-state index >= 15 is 0 Å². The average Bonchev–Trinajstić information content (AvgIpc) is 3.12. The number of carbonyl (C=O) groups is 1. The summed E-state index contributed by atoms with van der Waals surface area (Å²) in [6, 6.07) is 1.66. The highest BCUT2D eigenvalue weighted by Gasteiger charge is 2.36. The number of thiophene rings is 1. The van der Waals surface area contributed by atoms with Crippen molar-refractivity contribution in [3.05, 3.63) is 32.8 Å². The van der Waals surface area contributed by atoms with E-state index in [0.717, 1.165) is 10.7 Å². The quantitative estimate of drug-likeness (QED) is 0.660. The molecule has 2 heterocycles. The lowest BCUT2D eigenvalue weighted by Crippen LogP contribution is -2.08. The van der Waals surface area contributed by atoms with Gasteiger partial charge in [0.1, 0.15) is 4.88 Å². The fourth-order valence-corrected chi connectivity index (χ4v) is 2.80. The molecule has 0 aliphatic carbocycles. The summed E-state index contributed by atoms with van der Waals surface area (Å²) in [5.74, 6) is -0.891. The number of hydrogen-bond acceptors (Lipinski definition) is 5. The number of amides is 1. The van der Waals surface area contributed by atoms with Gasteiger partial charge >= 0.3 is 6.18 Å². The summed E-state index contributed by atoms with van der Waals surface area (Å²) >= 11 is 0.658. The van der Waals surface area contributed by atoms with Crippen LogP contribution in [-0.4, -0.2) is 20.6 Å². The van der Waals surface area contributed by atoms with Gasteiger partial charge < -0.3 is 5.73 Å². The van der Waals surface area contributed by atoms with Gasteiger partial charge in [-0.1, -0.05) is 13.8 Å². The normalized spacial score (nSPS) is 10.9. The number of nitrogens with two attached hydrogens (primary N) is 1. The van der Waals surface area contributed by atoms with Gasteiger partial charge in [-0.05, 0) is 13.0 Å². The van der Waals surface area contributed by atoms with Crippen LogP contribution in [0.4, 0.5) is 18.9 Å². The smallest absolute Gasteiger partial charge is 0.365 e. The highest BCUT2D eigenvalue weighted by atomic mass is 32.1. The minimum absolute atomic E-state index is 0.0758. The Morgan fingerprint density at radius 3 is 2.42 bits per heavy atom. The van der Waals surface area contributed by atoms with Crippen molar-refractivity contribution >= 4 is 22.9 Å². The Morgan fingerprint density at radius 1 is 1.42 bits per heavy atom. The predicted molar refractivity (Wildman–Crippen MR) is 82.7 cm³/mol. The molecule has 1 amide bonds. The molecule has 0 bridgehead atoms. The number of nitrogens with zero attached hydrogens (tertiary/aromatic N) is 3. The van der Waals surface area contributed by atoms with Crippen LogP contribution in [0.25, 0.3) is 10.6 Å². The molecule has 0 aliphatic heterocycles. The standard InChI is InChI=1S/C11H9F3N4O3S.C2H6/c1-2-17-5(4-8(16-17)11(12,13)14)9-6(18(20)21)3-7(22-9)10(15)19;1-2/h3-4H,2H2,1H3,(H2,15,19);1-2H3. The van der Waals surface area contributed by atoms with Crippen LogP contribution in [0, 0.1) is 10.1 Å². The van der Waals surface area contributed by atoms with Crippen LogP contribution < -0.4 is 5.73 Å². The topological polar surface area (TPSA) is 104 Å². The Hall–Kier alpha value is -2.43. The Balaban J connectivity index is 0.00000139. The van der Waals surface area contributed by atoms with Crippen molar-refractivity contribution in [1.82, 2.24) is 9.78 Å². The maximum atomic E-state index is 12.7. The van der Waals surface area contributed by atoms with E-state index in [0.29, 0.717) is 17.4 Å². The summed E-state index contributed by atoms with van der Waals surface area (Å²) in [4.78, 5) is 21.2. The number of halogens is 3. The van der Waals surface area contributed by atoms with Crippen LogP contribution in [0.1, 0.15) is 36.1 Å². The van der Waals surface area contributed by atoms with Crippen LogP contribution in [0.3, 0.4) is 0 Å². The molecule has 2 aromatic rings. The van der Waals surface area contributed by atoms with Crippen LogP contribution in [0.2, 0.25) is 0 Å². The Bertz CT molecular complexity index is 752. The third kappa shape index (κ3) is 3.91. The molecular formula is C13H15F3N4O3S. The van der Waals surface area contributed by atoms with E-state index < -0.39 is 28.4 Å². The summed E-state index contributed by atoms with van der Waals surface area (Å²) in [6.45, 7) is 5.62. The number of aryl methyl sites for hydroxylation is 1. The first-order valence-electron chi connectivity index (χ1n) is 6.88. The van der Waals surface area contributed by atoms with Gasteiger partial charge in [0.25, 0.3) is 11.6 Å². The molecule has 2 N–H and O–H groups in total.